The molecule has 0 saturated carbocycles. The van der Waals surface area contributed by atoms with Gasteiger partial charge in [-0.2, -0.15) is 0 Å². The molecule has 1 aliphatic rings. The molecule has 0 radical (unpaired) electrons. The van der Waals surface area contributed by atoms with Crippen LogP contribution in [-0.2, 0) is 4.74 Å². The highest BCUT2D eigenvalue weighted by Gasteiger charge is 2.34. The number of carbonyl (C=O) groups is 1. The van der Waals surface area contributed by atoms with Crippen molar-refractivity contribution in [1.29, 1.82) is 0 Å². The lowest BCUT2D eigenvalue weighted by atomic mass is 9.88. The molecule has 23 heavy (non-hydrogen) atoms. The van der Waals surface area contributed by atoms with E-state index < -0.39 is 17.9 Å². The number of amides is 1. The van der Waals surface area contributed by atoms with Crippen molar-refractivity contribution < 1.29 is 19.0 Å². The molecule has 1 aromatic rings. The number of piperidine rings is 1. The third kappa shape index (κ3) is 5.73. The normalized spacial score (nSPS) is 21.2. The first-order chi connectivity index (χ1) is 10.8. The van der Waals surface area contributed by atoms with Crippen LogP contribution in [0.3, 0.4) is 0 Å². The number of benzene rings is 1. The van der Waals surface area contributed by atoms with Gasteiger partial charge < -0.3 is 14.7 Å². The second kappa shape index (κ2) is 8.18. The molecule has 1 amide bonds. The lowest BCUT2D eigenvalue weighted by Gasteiger charge is -2.35. The summed E-state index contributed by atoms with van der Waals surface area (Å²) < 4.78 is 19.6. The number of hydrogen-bond acceptors (Lipinski definition) is 3. The van der Waals surface area contributed by atoms with Crippen LogP contribution in [0.4, 0.5) is 9.18 Å². The smallest absolute Gasteiger partial charge is 0.410 e. The molecule has 5 heteroatoms. The molecule has 0 spiro atoms. The van der Waals surface area contributed by atoms with E-state index >= 15 is 0 Å². The minimum atomic E-state index is -1.13. The Bertz CT molecular complexity index is 496. The molecule has 1 fully saturated rings. The van der Waals surface area contributed by atoms with Gasteiger partial charge in [0.15, 0.2) is 0 Å². The first-order valence-electron chi connectivity index (χ1n) is 8.17. The summed E-state index contributed by atoms with van der Waals surface area (Å²) in [6.45, 7) is 9.89. The Morgan fingerprint density at radius 2 is 1.83 bits per heavy atom. The summed E-state index contributed by atoms with van der Waals surface area (Å²) in [6, 6.07) is 6.58. The maximum atomic E-state index is 14.4. The highest BCUT2D eigenvalue weighted by atomic mass is 19.1. The quantitative estimate of drug-likeness (QED) is 0.828. The molecule has 1 N–H and O–H groups in total. The maximum absolute atomic E-state index is 14.4. The Labute approximate surface area is 138 Å². The van der Waals surface area contributed by atoms with Gasteiger partial charge >= 0.3 is 6.09 Å². The van der Waals surface area contributed by atoms with E-state index in [9.17, 15) is 14.3 Å². The Hall–Kier alpha value is -1.78. The van der Waals surface area contributed by atoms with Crippen LogP contribution in [0.2, 0.25) is 0 Å². The van der Waals surface area contributed by atoms with Gasteiger partial charge in [-0.15, -0.1) is 0 Å². The molecule has 0 aliphatic carbocycles. The summed E-state index contributed by atoms with van der Waals surface area (Å²) >= 11 is 0. The molecule has 1 unspecified atom stereocenters. The first-order valence-corrected chi connectivity index (χ1v) is 8.17. The zero-order valence-corrected chi connectivity index (χ0v) is 14.7. The van der Waals surface area contributed by atoms with Gasteiger partial charge in [-0.1, -0.05) is 26.0 Å². The van der Waals surface area contributed by atoms with Crippen LogP contribution in [0, 0.1) is 0 Å². The Morgan fingerprint density at radius 1 is 1.26 bits per heavy atom. The second-order valence-corrected chi connectivity index (χ2v) is 6.43. The zero-order chi connectivity index (χ0) is 17.6. The fourth-order valence-electron chi connectivity index (χ4n) is 2.49. The summed E-state index contributed by atoms with van der Waals surface area (Å²) in [5.74, 6) is -0.0790. The molecule has 4 nitrogen and oxygen atoms in total. The number of halogens is 1. The van der Waals surface area contributed by atoms with Crippen molar-refractivity contribution in [3.63, 3.8) is 0 Å². The number of alkyl halides is 1. The number of likely N-dealkylation sites (tertiary alicyclic amines) is 1. The van der Waals surface area contributed by atoms with Crippen LogP contribution in [0.5, 0.6) is 5.75 Å². The second-order valence-electron chi connectivity index (χ2n) is 6.43. The number of phenolic OH excluding ortho intramolecular Hbond substituents is 1. The third-order valence-electron chi connectivity index (χ3n) is 3.51. The average Bonchev–Trinajstić information content (AvgIpc) is 2.48. The van der Waals surface area contributed by atoms with Gasteiger partial charge in [0.25, 0.3) is 0 Å². The number of carbonyl (C=O) groups excluding carboxylic acids is 1. The van der Waals surface area contributed by atoms with Crippen LogP contribution in [0.15, 0.2) is 24.3 Å². The molecular formula is C18H28FNO3. The summed E-state index contributed by atoms with van der Waals surface area (Å²) in [5.41, 5.74) is 0.278. The fraction of sp³-hybridized carbons (Fsp3) is 0.611. The Kier molecular flexibility index (Phi) is 6.85. The fourth-order valence-corrected chi connectivity index (χ4v) is 2.49. The largest absolute Gasteiger partial charge is 0.508 e. The van der Waals surface area contributed by atoms with Gasteiger partial charge in [0.05, 0.1) is 6.54 Å². The Balaban J connectivity index is 0.00000127. The standard InChI is InChI=1S/C16H22FNO3.C2H6/c1-16(2,3)21-15(20)18-9-8-13(14(17)10-18)11-4-6-12(19)7-5-11;1-2/h4-7,13-14,19H,8-10H2,1-3H3;1-2H3/t13?,14-;/m0./s1. The monoisotopic (exact) mass is 325 g/mol. The van der Waals surface area contributed by atoms with Gasteiger partial charge in [0.2, 0.25) is 0 Å². The van der Waals surface area contributed by atoms with Crippen molar-refractivity contribution in [2.75, 3.05) is 13.1 Å². The third-order valence-corrected chi connectivity index (χ3v) is 3.51. The van der Waals surface area contributed by atoms with Crippen molar-refractivity contribution in [3.8, 4) is 5.75 Å². The van der Waals surface area contributed by atoms with Gasteiger partial charge in [-0.05, 0) is 44.9 Å². The van der Waals surface area contributed by atoms with Gasteiger partial charge in [0, 0.05) is 12.5 Å². The van der Waals surface area contributed by atoms with Gasteiger partial charge in [0.1, 0.15) is 17.5 Å². The summed E-state index contributed by atoms with van der Waals surface area (Å²) in [6.07, 6.45) is -1.05. The zero-order valence-electron chi connectivity index (χ0n) is 14.7. The van der Waals surface area contributed by atoms with E-state index in [1.54, 1.807) is 45.0 Å². The number of hydrogen-bond donors (Lipinski definition) is 1. The van der Waals surface area contributed by atoms with E-state index in [4.69, 9.17) is 4.74 Å². The van der Waals surface area contributed by atoms with Gasteiger partial charge in [-0.25, -0.2) is 9.18 Å². The van der Waals surface area contributed by atoms with E-state index in [0.717, 1.165) is 5.56 Å². The average molecular weight is 325 g/mol. The Morgan fingerprint density at radius 3 is 2.30 bits per heavy atom. The van der Waals surface area contributed by atoms with Crippen molar-refractivity contribution >= 4 is 6.09 Å². The van der Waals surface area contributed by atoms with Crippen LogP contribution in [0.25, 0.3) is 0 Å². The van der Waals surface area contributed by atoms with Gasteiger partial charge in [-0.3, -0.25) is 0 Å². The molecule has 1 saturated heterocycles. The van der Waals surface area contributed by atoms with Crippen LogP contribution >= 0.6 is 0 Å². The summed E-state index contributed by atoms with van der Waals surface area (Å²) in [4.78, 5) is 13.4. The number of nitrogens with zero attached hydrogens (tertiary/aromatic N) is 1. The summed E-state index contributed by atoms with van der Waals surface area (Å²) in [7, 11) is 0. The van der Waals surface area contributed by atoms with E-state index in [2.05, 4.69) is 0 Å². The highest BCUT2D eigenvalue weighted by Crippen LogP contribution is 2.31. The number of aromatic hydroxyl groups is 1. The minimum absolute atomic E-state index is 0.0421. The van der Waals surface area contributed by atoms with Crippen molar-refractivity contribution in [2.45, 2.75) is 58.7 Å². The van der Waals surface area contributed by atoms with E-state index in [-0.39, 0.29) is 18.2 Å². The van der Waals surface area contributed by atoms with E-state index in [1.165, 1.54) is 4.90 Å². The number of ether oxygens (including phenoxy) is 1. The summed E-state index contributed by atoms with van der Waals surface area (Å²) in [5, 5.41) is 9.28. The molecule has 1 aliphatic heterocycles. The molecule has 0 bridgehead atoms. The molecule has 130 valence electrons. The van der Waals surface area contributed by atoms with E-state index in [1.807, 2.05) is 13.8 Å². The van der Waals surface area contributed by atoms with E-state index in [0.29, 0.717) is 13.0 Å². The predicted molar refractivity (Wildman–Crippen MR) is 89.5 cm³/mol. The van der Waals surface area contributed by atoms with Crippen LogP contribution in [0.1, 0.15) is 52.5 Å². The number of rotatable bonds is 1. The molecule has 0 aromatic heterocycles. The van der Waals surface area contributed by atoms with Crippen molar-refractivity contribution in [1.82, 2.24) is 4.90 Å². The molecule has 1 aromatic carbocycles. The van der Waals surface area contributed by atoms with Crippen molar-refractivity contribution in [3.05, 3.63) is 29.8 Å². The first kappa shape index (κ1) is 19.3. The van der Waals surface area contributed by atoms with Crippen molar-refractivity contribution in [2.24, 2.45) is 0 Å². The minimum Gasteiger partial charge on any atom is -0.508 e. The van der Waals surface area contributed by atoms with Crippen LogP contribution in [-0.4, -0.2) is 41.0 Å². The lowest BCUT2D eigenvalue weighted by Crippen LogP contribution is -2.46. The SMILES string of the molecule is CC.CC(C)(C)OC(=O)N1CCC(c2ccc(O)cc2)[C@@H](F)C1. The maximum Gasteiger partial charge on any atom is 0.410 e. The highest BCUT2D eigenvalue weighted by molar-refractivity contribution is 5.68. The number of phenols is 1. The molecule has 2 rings (SSSR count). The molecule has 1 heterocycles. The predicted octanol–water partition coefficient (Wildman–Crippen LogP) is 4.48. The lowest BCUT2D eigenvalue weighted by molar-refractivity contribution is 0.0111. The topological polar surface area (TPSA) is 49.8 Å². The van der Waals surface area contributed by atoms with Crippen LogP contribution < -0.4 is 0 Å². The molecular weight excluding hydrogens is 297 g/mol. The molecule has 2 atom stereocenters.